The summed E-state index contributed by atoms with van der Waals surface area (Å²) in [6.45, 7) is 0.625. The fourth-order valence-corrected chi connectivity index (χ4v) is 4.99. The van der Waals surface area contributed by atoms with Crippen LogP contribution in [0.15, 0.2) is 84.9 Å². The highest BCUT2D eigenvalue weighted by atomic mass is 16.5. The van der Waals surface area contributed by atoms with Crippen LogP contribution < -0.4 is 5.32 Å². The number of benzene rings is 4. The number of hydrogen-bond acceptors (Lipinski definition) is 4. The molecule has 3 N–H and O–H groups in total. The maximum absolute atomic E-state index is 12.6. The molecule has 0 spiro atoms. The summed E-state index contributed by atoms with van der Waals surface area (Å²) in [5.41, 5.74) is 2.56. The number of nitrogens with one attached hydrogen (secondary N) is 1. The van der Waals surface area contributed by atoms with Crippen LogP contribution in [0, 0.1) is 0 Å². The Hall–Kier alpha value is -3.74. The third-order valence-electron chi connectivity index (χ3n) is 7.27. The first-order chi connectivity index (χ1) is 19.5. The molecule has 0 aliphatic carbocycles. The van der Waals surface area contributed by atoms with Gasteiger partial charge in [-0.1, -0.05) is 97.8 Å². The number of aryl methyl sites for hydroxylation is 2. The second-order valence-corrected chi connectivity index (χ2v) is 10.3. The van der Waals surface area contributed by atoms with Crippen molar-refractivity contribution in [1.82, 2.24) is 5.32 Å². The second-order valence-electron chi connectivity index (χ2n) is 10.3. The molecule has 0 aliphatic heterocycles. The van der Waals surface area contributed by atoms with Gasteiger partial charge in [-0.2, -0.15) is 0 Å². The van der Waals surface area contributed by atoms with E-state index in [1.165, 1.54) is 32.7 Å². The predicted octanol–water partition coefficient (Wildman–Crippen LogP) is 6.07. The number of carbonyl (C=O) groups excluding carboxylic acids is 1. The van der Waals surface area contributed by atoms with Gasteiger partial charge in [0, 0.05) is 13.2 Å². The lowest BCUT2D eigenvalue weighted by Crippen LogP contribution is -2.47. The van der Waals surface area contributed by atoms with Gasteiger partial charge < -0.3 is 20.3 Å². The van der Waals surface area contributed by atoms with E-state index >= 15 is 0 Å². The normalized spacial score (nSPS) is 12.8. The fraction of sp³-hybridized carbons (Fsp3) is 0.353. The summed E-state index contributed by atoms with van der Waals surface area (Å²) in [6.07, 6.45) is 3.78. The van der Waals surface area contributed by atoms with Crippen LogP contribution in [0.2, 0.25) is 0 Å². The molecule has 0 heterocycles. The molecule has 2 unspecified atom stereocenters. The first-order valence-electron chi connectivity index (χ1n) is 14.3. The predicted molar refractivity (Wildman–Crippen MR) is 159 cm³/mol. The minimum absolute atomic E-state index is 0.214. The number of carboxylic acid groups (broad SMARTS) is 1. The molecule has 6 heteroatoms. The molecular weight excluding hydrogens is 502 g/mol. The third-order valence-corrected chi connectivity index (χ3v) is 7.27. The maximum Gasteiger partial charge on any atom is 0.335 e. The van der Waals surface area contributed by atoms with Crippen molar-refractivity contribution >= 4 is 33.4 Å². The van der Waals surface area contributed by atoms with Crippen molar-refractivity contribution in [3.8, 4) is 0 Å². The Morgan fingerprint density at radius 3 is 1.75 bits per heavy atom. The number of ether oxygens (including phenoxy) is 1. The highest BCUT2D eigenvalue weighted by molar-refractivity contribution is 5.88. The Morgan fingerprint density at radius 1 is 0.675 bits per heavy atom. The van der Waals surface area contributed by atoms with Crippen molar-refractivity contribution in [2.45, 2.75) is 63.6 Å². The fourth-order valence-electron chi connectivity index (χ4n) is 4.99. The number of hydrogen-bond donors (Lipinski definition) is 3. The highest BCUT2D eigenvalue weighted by Crippen LogP contribution is 2.18. The molecule has 4 aromatic carbocycles. The molecule has 0 fully saturated rings. The van der Waals surface area contributed by atoms with Crippen LogP contribution in [0.3, 0.4) is 0 Å². The van der Waals surface area contributed by atoms with E-state index in [1.54, 1.807) is 0 Å². The van der Waals surface area contributed by atoms with E-state index in [2.05, 4.69) is 66.0 Å². The summed E-state index contributed by atoms with van der Waals surface area (Å²) in [4.78, 5) is 24.0. The van der Waals surface area contributed by atoms with Gasteiger partial charge in [0.05, 0.1) is 0 Å². The third kappa shape index (κ3) is 8.63. The zero-order chi connectivity index (χ0) is 28.2. The average Bonchev–Trinajstić information content (AvgIpc) is 2.97. The highest BCUT2D eigenvalue weighted by Gasteiger charge is 2.32. The number of unbranched alkanes of at least 4 members (excludes halogenated alkanes) is 4. The van der Waals surface area contributed by atoms with Gasteiger partial charge in [-0.3, -0.25) is 4.79 Å². The van der Waals surface area contributed by atoms with Gasteiger partial charge in [0.2, 0.25) is 0 Å². The molecule has 0 saturated carbocycles. The number of carbonyl (C=O) groups is 2. The van der Waals surface area contributed by atoms with Gasteiger partial charge in [0.1, 0.15) is 0 Å². The van der Waals surface area contributed by atoms with E-state index in [-0.39, 0.29) is 6.61 Å². The van der Waals surface area contributed by atoms with E-state index in [9.17, 15) is 19.8 Å². The lowest BCUT2D eigenvalue weighted by molar-refractivity contribution is -0.162. The molecule has 1 amide bonds. The number of aliphatic hydroxyl groups excluding tert-OH is 1. The van der Waals surface area contributed by atoms with Gasteiger partial charge in [0.15, 0.2) is 12.2 Å². The minimum Gasteiger partial charge on any atom is -0.479 e. The van der Waals surface area contributed by atoms with E-state index in [4.69, 9.17) is 4.74 Å². The van der Waals surface area contributed by atoms with Crippen LogP contribution in [-0.2, 0) is 27.2 Å². The zero-order valence-electron chi connectivity index (χ0n) is 22.9. The van der Waals surface area contributed by atoms with Crippen LogP contribution in [0.5, 0.6) is 0 Å². The summed E-state index contributed by atoms with van der Waals surface area (Å²) in [5.74, 6) is -2.05. The van der Waals surface area contributed by atoms with E-state index < -0.39 is 24.1 Å². The number of carboxylic acids is 1. The first-order valence-corrected chi connectivity index (χ1v) is 14.3. The van der Waals surface area contributed by atoms with Crippen LogP contribution in [0.1, 0.15) is 49.7 Å². The molecule has 2 atom stereocenters. The number of amides is 1. The molecule has 6 nitrogen and oxygen atoms in total. The maximum atomic E-state index is 12.6. The number of rotatable bonds is 16. The van der Waals surface area contributed by atoms with E-state index in [0.29, 0.717) is 13.0 Å². The Bertz CT molecular complexity index is 1400. The van der Waals surface area contributed by atoms with Crippen molar-refractivity contribution in [3.05, 3.63) is 96.1 Å². The van der Waals surface area contributed by atoms with Crippen LogP contribution in [0.25, 0.3) is 21.5 Å². The first kappa shape index (κ1) is 29.2. The van der Waals surface area contributed by atoms with Gasteiger partial charge in [-0.15, -0.1) is 0 Å². The summed E-state index contributed by atoms with van der Waals surface area (Å²) >= 11 is 0. The smallest absolute Gasteiger partial charge is 0.335 e. The summed E-state index contributed by atoms with van der Waals surface area (Å²) in [5, 5.41) is 27.0. The molecule has 40 heavy (non-hydrogen) atoms. The summed E-state index contributed by atoms with van der Waals surface area (Å²) in [6, 6.07) is 29.6. The molecule has 4 aromatic rings. The number of aliphatic carboxylic acids is 1. The Kier molecular flexibility index (Phi) is 11.1. The molecule has 0 aromatic heterocycles. The largest absolute Gasteiger partial charge is 0.479 e. The SMILES string of the molecule is O=C(O)C(O)C(OCCCCCc1ccc2ccccc2c1)C(=O)NCCCCCc1ccc2ccccc2c1. The summed E-state index contributed by atoms with van der Waals surface area (Å²) in [7, 11) is 0. The van der Waals surface area contributed by atoms with Gasteiger partial charge in [0.25, 0.3) is 5.91 Å². The van der Waals surface area contributed by atoms with Crippen LogP contribution in [-0.4, -0.2) is 47.4 Å². The Labute approximate surface area is 236 Å². The zero-order valence-corrected chi connectivity index (χ0v) is 22.9. The van der Waals surface area contributed by atoms with E-state index in [1.807, 2.05) is 24.3 Å². The lowest BCUT2D eigenvalue weighted by Gasteiger charge is -2.20. The average molecular weight is 542 g/mol. The van der Waals surface area contributed by atoms with Crippen molar-refractivity contribution in [3.63, 3.8) is 0 Å². The number of aliphatic hydroxyl groups is 1. The minimum atomic E-state index is -1.90. The molecule has 0 saturated heterocycles. The van der Waals surface area contributed by atoms with Gasteiger partial charge in [-0.25, -0.2) is 4.79 Å². The van der Waals surface area contributed by atoms with E-state index in [0.717, 1.165) is 44.9 Å². The molecule has 0 aliphatic rings. The molecular formula is C34H39NO5. The lowest BCUT2D eigenvalue weighted by atomic mass is 10.0. The molecule has 0 bridgehead atoms. The second kappa shape index (κ2) is 15.2. The van der Waals surface area contributed by atoms with Crippen LogP contribution in [0.4, 0.5) is 0 Å². The van der Waals surface area contributed by atoms with Crippen molar-refractivity contribution < 1.29 is 24.5 Å². The van der Waals surface area contributed by atoms with Crippen molar-refractivity contribution in [2.75, 3.05) is 13.2 Å². The molecule has 4 rings (SSSR count). The van der Waals surface area contributed by atoms with Gasteiger partial charge in [-0.05, 0) is 71.2 Å². The quantitative estimate of drug-likeness (QED) is 0.150. The monoisotopic (exact) mass is 541 g/mol. The topological polar surface area (TPSA) is 95.9 Å². The summed E-state index contributed by atoms with van der Waals surface area (Å²) < 4.78 is 5.57. The van der Waals surface area contributed by atoms with Gasteiger partial charge >= 0.3 is 5.97 Å². The standard InChI is InChI=1S/C34H39NO5/c36-31(34(38)39)32(40-22-10-2-4-12-26-18-20-28-14-6-8-16-30(28)24-26)33(37)35-21-9-1-3-11-25-17-19-27-13-5-7-15-29(27)23-25/h5-8,13-20,23-24,31-32,36H,1-4,9-12,21-22H2,(H,35,37)(H,38,39). The number of fused-ring (bicyclic) bond motifs is 2. The van der Waals surface area contributed by atoms with Crippen molar-refractivity contribution in [1.29, 1.82) is 0 Å². The Morgan fingerprint density at radius 2 is 1.20 bits per heavy atom. The molecule has 0 radical (unpaired) electrons. The van der Waals surface area contributed by atoms with Crippen LogP contribution >= 0.6 is 0 Å². The Balaban J connectivity index is 1.12. The molecule has 210 valence electrons. The van der Waals surface area contributed by atoms with Crippen molar-refractivity contribution in [2.24, 2.45) is 0 Å².